The molecule has 22 heavy (non-hydrogen) atoms. The summed E-state index contributed by atoms with van der Waals surface area (Å²) in [6, 6.07) is 10.7. The summed E-state index contributed by atoms with van der Waals surface area (Å²) in [6.07, 6.45) is 1.55. The Morgan fingerprint density at radius 3 is 2.91 bits per heavy atom. The Hall–Kier alpha value is -2.76. The first kappa shape index (κ1) is 14.2. The molecule has 1 atom stereocenters. The van der Waals surface area contributed by atoms with Gasteiger partial charge in [-0.25, -0.2) is 0 Å². The monoisotopic (exact) mass is 299 g/mol. The molecule has 1 aliphatic rings. The minimum absolute atomic E-state index is 0.0113. The summed E-state index contributed by atoms with van der Waals surface area (Å²) < 4.78 is 5.16. The maximum Gasteiger partial charge on any atom is 0.249 e. The van der Waals surface area contributed by atoms with Crippen LogP contribution < -0.4 is 15.5 Å². The minimum atomic E-state index is -0.354. The fourth-order valence-electron chi connectivity index (χ4n) is 2.44. The summed E-state index contributed by atoms with van der Waals surface area (Å²) in [7, 11) is 0. The molecule has 0 bridgehead atoms. The zero-order valence-electron chi connectivity index (χ0n) is 12.2. The first-order valence-electron chi connectivity index (χ1n) is 7.11. The Balaban J connectivity index is 1.70. The molecule has 6 heteroatoms. The Morgan fingerprint density at radius 2 is 2.14 bits per heavy atom. The molecule has 1 unspecified atom stereocenters. The summed E-state index contributed by atoms with van der Waals surface area (Å²) >= 11 is 0. The van der Waals surface area contributed by atoms with Crippen LogP contribution in [0.3, 0.4) is 0 Å². The minimum Gasteiger partial charge on any atom is -0.467 e. The third-order valence-electron chi connectivity index (χ3n) is 3.54. The van der Waals surface area contributed by atoms with E-state index in [0.29, 0.717) is 12.3 Å². The van der Waals surface area contributed by atoms with Crippen LogP contribution >= 0.6 is 0 Å². The predicted molar refractivity (Wildman–Crippen MR) is 82.4 cm³/mol. The number of nitrogens with one attached hydrogen (secondary N) is 2. The van der Waals surface area contributed by atoms with Crippen LogP contribution in [0.5, 0.6) is 0 Å². The van der Waals surface area contributed by atoms with Crippen LogP contribution in [0, 0.1) is 0 Å². The number of carbonyl (C=O) groups is 2. The molecule has 0 saturated carbocycles. The van der Waals surface area contributed by atoms with Gasteiger partial charge in [0.25, 0.3) is 0 Å². The van der Waals surface area contributed by atoms with Gasteiger partial charge in [0.05, 0.1) is 24.2 Å². The van der Waals surface area contributed by atoms with E-state index in [0.717, 1.165) is 11.4 Å². The van der Waals surface area contributed by atoms with E-state index in [4.69, 9.17) is 4.42 Å². The van der Waals surface area contributed by atoms with Gasteiger partial charge in [-0.15, -0.1) is 0 Å². The lowest BCUT2D eigenvalue weighted by Crippen LogP contribution is -2.49. The molecule has 2 heterocycles. The highest BCUT2D eigenvalue weighted by atomic mass is 16.3. The Morgan fingerprint density at radius 1 is 1.32 bits per heavy atom. The highest BCUT2D eigenvalue weighted by Gasteiger charge is 2.30. The first-order chi connectivity index (χ1) is 10.6. The van der Waals surface area contributed by atoms with Gasteiger partial charge in [0.1, 0.15) is 18.3 Å². The molecule has 1 aromatic heterocycles. The number of hydrogen-bond donors (Lipinski definition) is 2. The maximum absolute atomic E-state index is 12.3. The standard InChI is InChI=1S/C16H17N3O3/c1-11-16(21)19(14-7-3-2-6-13(14)18-11)10-15(20)17-9-12-5-4-8-22-12/h2-8,11,18H,9-10H2,1H3,(H,17,20). The van der Waals surface area contributed by atoms with E-state index >= 15 is 0 Å². The van der Waals surface area contributed by atoms with Crippen molar-refractivity contribution < 1.29 is 14.0 Å². The molecule has 1 aliphatic heterocycles. The van der Waals surface area contributed by atoms with Crippen LogP contribution in [0.4, 0.5) is 11.4 Å². The van der Waals surface area contributed by atoms with E-state index in [1.807, 2.05) is 24.3 Å². The van der Waals surface area contributed by atoms with Gasteiger partial charge in [0.15, 0.2) is 0 Å². The summed E-state index contributed by atoms with van der Waals surface area (Å²) in [6.45, 7) is 2.08. The van der Waals surface area contributed by atoms with E-state index in [1.54, 1.807) is 25.3 Å². The fourth-order valence-corrected chi connectivity index (χ4v) is 2.44. The van der Waals surface area contributed by atoms with Crippen molar-refractivity contribution in [1.82, 2.24) is 5.32 Å². The van der Waals surface area contributed by atoms with E-state index in [-0.39, 0.29) is 24.4 Å². The van der Waals surface area contributed by atoms with Gasteiger partial charge >= 0.3 is 0 Å². The summed E-state index contributed by atoms with van der Waals surface area (Å²) in [5.74, 6) is 0.328. The second-order valence-corrected chi connectivity index (χ2v) is 5.16. The molecule has 0 saturated heterocycles. The Kier molecular flexibility index (Phi) is 3.82. The van der Waals surface area contributed by atoms with Crippen molar-refractivity contribution in [2.45, 2.75) is 19.5 Å². The van der Waals surface area contributed by atoms with Crippen LogP contribution in [0.25, 0.3) is 0 Å². The number of para-hydroxylation sites is 2. The van der Waals surface area contributed by atoms with E-state index in [2.05, 4.69) is 10.6 Å². The largest absolute Gasteiger partial charge is 0.467 e. The molecule has 1 aromatic carbocycles. The molecule has 0 fully saturated rings. The van der Waals surface area contributed by atoms with E-state index in [1.165, 1.54) is 4.90 Å². The number of nitrogens with zero attached hydrogens (tertiary/aromatic N) is 1. The van der Waals surface area contributed by atoms with Gasteiger partial charge in [-0.1, -0.05) is 12.1 Å². The zero-order valence-corrected chi connectivity index (χ0v) is 12.2. The number of amides is 2. The molecule has 2 N–H and O–H groups in total. The van der Waals surface area contributed by atoms with Crippen LogP contribution in [-0.2, 0) is 16.1 Å². The molecular formula is C16H17N3O3. The van der Waals surface area contributed by atoms with Gasteiger partial charge in [-0.3, -0.25) is 14.5 Å². The van der Waals surface area contributed by atoms with Crippen molar-refractivity contribution >= 4 is 23.2 Å². The molecule has 0 spiro atoms. The smallest absolute Gasteiger partial charge is 0.249 e. The van der Waals surface area contributed by atoms with Gasteiger partial charge < -0.3 is 15.1 Å². The Labute approximate surface area is 128 Å². The third-order valence-corrected chi connectivity index (χ3v) is 3.54. The molecule has 2 amide bonds. The van der Waals surface area contributed by atoms with Crippen LogP contribution in [0.1, 0.15) is 12.7 Å². The number of benzene rings is 1. The highest BCUT2D eigenvalue weighted by molar-refractivity contribution is 6.07. The van der Waals surface area contributed by atoms with Crippen molar-refractivity contribution in [3.8, 4) is 0 Å². The summed E-state index contributed by atoms with van der Waals surface area (Å²) in [4.78, 5) is 25.9. The topological polar surface area (TPSA) is 74.6 Å². The molecule has 0 aliphatic carbocycles. The van der Waals surface area contributed by atoms with Gasteiger partial charge in [-0.2, -0.15) is 0 Å². The number of hydrogen-bond acceptors (Lipinski definition) is 4. The van der Waals surface area contributed by atoms with Crippen molar-refractivity contribution in [3.05, 3.63) is 48.4 Å². The van der Waals surface area contributed by atoms with Crippen LogP contribution in [0.2, 0.25) is 0 Å². The molecule has 2 aromatic rings. The van der Waals surface area contributed by atoms with Crippen molar-refractivity contribution in [2.75, 3.05) is 16.8 Å². The second-order valence-electron chi connectivity index (χ2n) is 5.16. The molecule has 114 valence electrons. The summed E-state index contributed by atoms with van der Waals surface area (Å²) in [5, 5.41) is 5.88. The summed E-state index contributed by atoms with van der Waals surface area (Å²) in [5.41, 5.74) is 1.58. The molecular weight excluding hydrogens is 282 g/mol. The van der Waals surface area contributed by atoms with Gasteiger partial charge in [-0.05, 0) is 31.2 Å². The predicted octanol–water partition coefficient (Wildman–Crippen LogP) is 1.74. The van der Waals surface area contributed by atoms with Gasteiger partial charge in [0.2, 0.25) is 11.8 Å². The maximum atomic E-state index is 12.3. The average molecular weight is 299 g/mol. The fraction of sp³-hybridized carbons (Fsp3) is 0.250. The SMILES string of the molecule is CC1Nc2ccccc2N(CC(=O)NCc2ccco2)C1=O. The Bertz CT molecular complexity index is 682. The lowest BCUT2D eigenvalue weighted by atomic mass is 10.1. The molecule has 0 radical (unpaired) electrons. The third kappa shape index (κ3) is 2.81. The van der Waals surface area contributed by atoms with Crippen molar-refractivity contribution in [1.29, 1.82) is 0 Å². The second kappa shape index (κ2) is 5.93. The van der Waals surface area contributed by atoms with Crippen LogP contribution in [0.15, 0.2) is 47.1 Å². The number of rotatable bonds is 4. The van der Waals surface area contributed by atoms with E-state index in [9.17, 15) is 9.59 Å². The average Bonchev–Trinajstić information content (AvgIpc) is 3.03. The van der Waals surface area contributed by atoms with Crippen LogP contribution in [-0.4, -0.2) is 24.4 Å². The normalized spacial score (nSPS) is 16.9. The van der Waals surface area contributed by atoms with E-state index < -0.39 is 0 Å². The number of carbonyl (C=O) groups excluding carboxylic acids is 2. The quantitative estimate of drug-likeness (QED) is 0.902. The van der Waals surface area contributed by atoms with Gasteiger partial charge in [0, 0.05) is 0 Å². The van der Waals surface area contributed by atoms with Crippen molar-refractivity contribution in [2.24, 2.45) is 0 Å². The molecule has 3 rings (SSSR count). The first-order valence-corrected chi connectivity index (χ1v) is 7.11. The van der Waals surface area contributed by atoms with Crippen molar-refractivity contribution in [3.63, 3.8) is 0 Å². The number of fused-ring (bicyclic) bond motifs is 1. The lowest BCUT2D eigenvalue weighted by Gasteiger charge is -2.33. The number of furan rings is 1. The number of anilines is 2. The lowest BCUT2D eigenvalue weighted by molar-refractivity contribution is -0.124. The zero-order chi connectivity index (χ0) is 15.5. The highest BCUT2D eigenvalue weighted by Crippen LogP contribution is 2.30. The molecule has 6 nitrogen and oxygen atoms in total.